The number of nitrogens with one attached hydrogen (secondary N) is 1. The van der Waals surface area contributed by atoms with Crippen LogP contribution >= 0.6 is 24.0 Å². The first kappa shape index (κ1) is 23.8. The zero-order valence-electron chi connectivity index (χ0n) is 16.6. The topological polar surface area (TPSA) is 49.3 Å². The lowest BCUT2D eigenvalue weighted by Gasteiger charge is -2.39. The van der Waals surface area contributed by atoms with Gasteiger partial charge in [-0.15, -0.1) is 24.0 Å². The number of nitrogens with zero attached hydrogens (tertiary/aromatic N) is 3. The molecule has 1 aromatic rings. The van der Waals surface area contributed by atoms with E-state index in [2.05, 4.69) is 10.3 Å². The molecule has 2 atom stereocenters. The minimum atomic E-state index is -4.20. The van der Waals surface area contributed by atoms with Crippen LogP contribution in [0.4, 0.5) is 13.2 Å². The smallest absolute Gasteiger partial charge is 0.403 e. The fourth-order valence-corrected chi connectivity index (χ4v) is 3.30. The molecule has 0 bridgehead atoms. The van der Waals surface area contributed by atoms with Gasteiger partial charge in [0.2, 0.25) is 0 Å². The summed E-state index contributed by atoms with van der Waals surface area (Å²) < 4.78 is 50.4. The maximum absolute atomic E-state index is 12.9. The summed E-state index contributed by atoms with van der Waals surface area (Å²) >= 11 is 0. The number of aliphatic imine (C=N–C) groups is 1. The highest BCUT2D eigenvalue weighted by Crippen LogP contribution is 2.31. The normalized spacial score (nSPS) is 21.3. The van der Waals surface area contributed by atoms with E-state index in [4.69, 9.17) is 9.47 Å². The number of para-hydroxylation sites is 2. The quantitative estimate of drug-likeness (QED) is 0.370. The molecule has 29 heavy (non-hydrogen) atoms. The first-order valence-corrected chi connectivity index (χ1v) is 9.61. The Bertz CT molecular complexity index is 682. The number of benzene rings is 1. The Morgan fingerprint density at radius 3 is 2.48 bits per heavy atom. The molecule has 0 spiro atoms. The molecule has 2 aliphatic heterocycles. The molecule has 164 valence electrons. The van der Waals surface area contributed by atoms with Gasteiger partial charge in [-0.25, -0.2) is 4.99 Å². The second-order valence-corrected chi connectivity index (χ2v) is 6.93. The van der Waals surface area contributed by atoms with Gasteiger partial charge in [-0.2, -0.15) is 13.2 Å². The summed E-state index contributed by atoms with van der Waals surface area (Å²) in [6, 6.07) is 6.07. The first-order valence-electron chi connectivity index (χ1n) is 9.61. The Hall–Kier alpha value is -1.43. The van der Waals surface area contributed by atoms with Crippen molar-refractivity contribution in [2.75, 3.05) is 45.9 Å². The summed E-state index contributed by atoms with van der Waals surface area (Å²) in [6.07, 6.45) is -4.40. The summed E-state index contributed by atoms with van der Waals surface area (Å²) in [5.41, 5.74) is 0. The lowest BCUT2D eigenvalue weighted by molar-refractivity contribution is -0.181. The van der Waals surface area contributed by atoms with Gasteiger partial charge in [-0.1, -0.05) is 12.1 Å². The largest absolute Gasteiger partial charge is 0.486 e. The van der Waals surface area contributed by atoms with Gasteiger partial charge in [0.15, 0.2) is 23.6 Å². The standard InChI is InChI=1S/C19H27F3N4O2.HI/c1-3-23-18(26-10-8-25(9-11-26)14(2)19(20,21)22)24-12-15-13-27-16-6-4-5-7-17(16)28-15;/h4-7,14-15H,3,8-13H2,1-2H3,(H,23,24);1H. The number of fused-ring (bicyclic) bond motifs is 1. The maximum atomic E-state index is 12.9. The number of rotatable bonds is 4. The van der Waals surface area contributed by atoms with Gasteiger partial charge in [0.1, 0.15) is 12.6 Å². The fraction of sp³-hybridized carbons (Fsp3) is 0.632. The number of guanidine groups is 1. The Balaban J connectivity index is 0.00000300. The van der Waals surface area contributed by atoms with Crippen LogP contribution in [0.15, 0.2) is 29.3 Å². The van der Waals surface area contributed by atoms with E-state index >= 15 is 0 Å². The molecule has 1 fully saturated rings. The van der Waals surface area contributed by atoms with Crippen LogP contribution in [0.5, 0.6) is 11.5 Å². The van der Waals surface area contributed by atoms with E-state index in [0.29, 0.717) is 57.6 Å². The highest BCUT2D eigenvalue weighted by atomic mass is 127. The van der Waals surface area contributed by atoms with E-state index in [9.17, 15) is 13.2 Å². The van der Waals surface area contributed by atoms with Crippen LogP contribution in [0.1, 0.15) is 13.8 Å². The van der Waals surface area contributed by atoms with Crippen molar-refractivity contribution in [2.45, 2.75) is 32.2 Å². The minimum absolute atomic E-state index is 0. The van der Waals surface area contributed by atoms with Gasteiger partial charge in [-0.3, -0.25) is 4.90 Å². The van der Waals surface area contributed by atoms with Crippen LogP contribution in [0.3, 0.4) is 0 Å². The van der Waals surface area contributed by atoms with Crippen LogP contribution in [0.2, 0.25) is 0 Å². The number of hydrogen-bond acceptors (Lipinski definition) is 4. The lowest BCUT2D eigenvalue weighted by Crippen LogP contribution is -2.56. The first-order chi connectivity index (χ1) is 13.4. The summed E-state index contributed by atoms with van der Waals surface area (Å²) in [7, 11) is 0. The van der Waals surface area contributed by atoms with Crippen LogP contribution < -0.4 is 14.8 Å². The van der Waals surface area contributed by atoms with Crippen molar-refractivity contribution in [3.05, 3.63) is 24.3 Å². The summed E-state index contributed by atoms with van der Waals surface area (Å²) in [6.45, 7) is 6.38. The van der Waals surface area contributed by atoms with E-state index in [-0.39, 0.29) is 30.1 Å². The molecular weight excluding hydrogens is 500 g/mol. The van der Waals surface area contributed by atoms with E-state index in [1.807, 2.05) is 36.1 Å². The van der Waals surface area contributed by atoms with Crippen molar-refractivity contribution < 1.29 is 22.6 Å². The summed E-state index contributed by atoms with van der Waals surface area (Å²) in [5.74, 6) is 2.13. The number of halogens is 4. The molecule has 2 heterocycles. The zero-order chi connectivity index (χ0) is 20.1. The second kappa shape index (κ2) is 10.6. The second-order valence-electron chi connectivity index (χ2n) is 6.93. The number of piperazine rings is 1. The minimum Gasteiger partial charge on any atom is -0.486 e. The fourth-order valence-electron chi connectivity index (χ4n) is 3.30. The van der Waals surface area contributed by atoms with Gasteiger partial charge in [0.25, 0.3) is 0 Å². The molecule has 1 aromatic carbocycles. The molecule has 3 rings (SSSR count). The maximum Gasteiger partial charge on any atom is 0.403 e. The molecule has 6 nitrogen and oxygen atoms in total. The molecule has 1 saturated heterocycles. The molecule has 10 heteroatoms. The highest BCUT2D eigenvalue weighted by Gasteiger charge is 2.41. The molecular formula is C19H28F3IN4O2. The molecule has 0 radical (unpaired) electrons. The van der Waals surface area contributed by atoms with Gasteiger partial charge in [0, 0.05) is 32.7 Å². The molecule has 2 unspecified atom stereocenters. The zero-order valence-corrected chi connectivity index (χ0v) is 18.9. The van der Waals surface area contributed by atoms with E-state index in [1.54, 1.807) is 0 Å². The van der Waals surface area contributed by atoms with Crippen molar-refractivity contribution in [3.63, 3.8) is 0 Å². The van der Waals surface area contributed by atoms with E-state index in [1.165, 1.54) is 11.8 Å². The Kier molecular flexibility index (Phi) is 8.68. The summed E-state index contributed by atoms with van der Waals surface area (Å²) in [5, 5.41) is 3.22. The Labute approximate surface area is 186 Å². The lowest BCUT2D eigenvalue weighted by atomic mass is 10.2. The van der Waals surface area contributed by atoms with Gasteiger partial charge in [-0.05, 0) is 26.0 Å². The van der Waals surface area contributed by atoms with Crippen molar-refractivity contribution in [1.82, 2.24) is 15.1 Å². The van der Waals surface area contributed by atoms with Crippen LogP contribution in [0, 0.1) is 0 Å². The SMILES string of the molecule is CCNC(=NCC1COc2ccccc2O1)N1CCN(C(C)C(F)(F)F)CC1.I. The predicted molar refractivity (Wildman–Crippen MR) is 116 cm³/mol. The van der Waals surface area contributed by atoms with Crippen LogP contribution in [-0.2, 0) is 0 Å². The molecule has 2 aliphatic rings. The number of ether oxygens (including phenoxy) is 2. The third-order valence-electron chi connectivity index (χ3n) is 4.98. The van der Waals surface area contributed by atoms with Gasteiger partial charge in [0.05, 0.1) is 6.54 Å². The van der Waals surface area contributed by atoms with Crippen molar-refractivity contribution in [3.8, 4) is 11.5 Å². The number of alkyl halides is 3. The molecule has 1 N–H and O–H groups in total. The predicted octanol–water partition coefficient (Wildman–Crippen LogP) is 2.98. The van der Waals surface area contributed by atoms with Crippen molar-refractivity contribution in [1.29, 1.82) is 0 Å². The molecule has 0 saturated carbocycles. The third-order valence-corrected chi connectivity index (χ3v) is 4.98. The molecule has 0 amide bonds. The van der Waals surface area contributed by atoms with Crippen molar-refractivity contribution >= 4 is 29.9 Å². The highest BCUT2D eigenvalue weighted by molar-refractivity contribution is 14.0. The average molecular weight is 528 g/mol. The van der Waals surface area contributed by atoms with E-state index < -0.39 is 12.2 Å². The Morgan fingerprint density at radius 2 is 1.86 bits per heavy atom. The molecule has 0 aliphatic carbocycles. The third kappa shape index (κ3) is 6.27. The summed E-state index contributed by atoms with van der Waals surface area (Å²) in [4.78, 5) is 8.11. The van der Waals surface area contributed by atoms with Crippen LogP contribution in [0.25, 0.3) is 0 Å². The van der Waals surface area contributed by atoms with E-state index in [0.717, 1.165) is 5.75 Å². The van der Waals surface area contributed by atoms with Crippen molar-refractivity contribution in [2.24, 2.45) is 4.99 Å². The Morgan fingerprint density at radius 1 is 1.21 bits per heavy atom. The van der Waals surface area contributed by atoms with Crippen LogP contribution in [-0.4, -0.2) is 80.0 Å². The number of hydrogen-bond donors (Lipinski definition) is 1. The van der Waals surface area contributed by atoms with Gasteiger partial charge >= 0.3 is 6.18 Å². The average Bonchev–Trinajstić information content (AvgIpc) is 2.70. The molecule has 0 aromatic heterocycles. The van der Waals surface area contributed by atoms with Gasteiger partial charge < -0.3 is 19.7 Å². The monoisotopic (exact) mass is 528 g/mol.